The number of rotatable bonds is 26. The summed E-state index contributed by atoms with van der Waals surface area (Å²) in [6.07, 6.45) is 12.0. The Morgan fingerprint density at radius 2 is 1.50 bits per heavy atom. The normalized spacial score (nSPS) is 13.3. The van der Waals surface area contributed by atoms with E-state index < -0.39 is 37.5 Å². The van der Waals surface area contributed by atoms with E-state index in [-0.39, 0.29) is 39.3 Å². The molecule has 0 saturated carbocycles. The van der Waals surface area contributed by atoms with Crippen LogP contribution in [0.3, 0.4) is 0 Å². The van der Waals surface area contributed by atoms with E-state index in [0.29, 0.717) is 5.69 Å². The molecule has 13 heteroatoms. The van der Waals surface area contributed by atoms with E-state index in [1.807, 2.05) is 54.6 Å². The molecule has 1 amide bonds. The Balaban J connectivity index is 1.47. The molecule has 1 N–H and O–H groups in total. The first kappa shape index (κ1) is 44.8. The van der Waals surface area contributed by atoms with Crippen LogP contribution in [0.2, 0.25) is 0 Å². The zero-order chi connectivity index (χ0) is 39.2. The van der Waals surface area contributed by atoms with Gasteiger partial charge in [-0.2, -0.15) is 0 Å². The van der Waals surface area contributed by atoms with Crippen LogP contribution in [-0.4, -0.2) is 74.5 Å². The molecular weight excluding hydrogens is 707 g/mol. The number of carbonyl (C=O) groups is 2. The average molecular weight is 771 g/mol. The van der Waals surface area contributed by atoms with Crippen LogP contribution in [0.15, 0.2) is 60.8 Å². The number of nitrogens with zero attached hydrogens (tertiary/aromatic N) is 4. The van der Waals surface area contributed by atoms with Gasteiger partial charge in [-0.25, -0.2) is 9.59 Å². The number of hydrogen-bond acceptors (Lipinski definition) is 9. The molecule has 0 aliphatic heterocycles. The first-order chi connectivity index (χ1) is 25.9. The lowest BCUT2D eigenvalue weighted by molar-refractivity contribution is -0.156. The minimum atomic E-state index is -4.30. The highest BCUT2D eigenvalue weighted by Gasteiger charge is 2.32. The standard InChI is InChI=1S/C41H63N4O8P/c1-6-8-9-10-11-12-13-14-15-19-28-45-31-37(42-43-45)32-51-38(39(46)50-7-2)33-54(48,49)52-29-20-27-44(40(47)53-41(3,4)5)30-34-23-25-36(26-24-34)35-21-17-16-18-22-35/h16-18,21-26,31,38H,6-15,19-20,27-30,32-33H2,1-5H3,(H,48,49)/t38-/m1/s1. The van der Waals surface area contributed by atoms with Gasteiger partial charge in [0.2, 0.25) is 0 Å². The Morgan fingerprint density at radius 1 is 0.870 bits per heavy atom. The molecule has 0 bridgehead atoms. The van der Waals surface area contributed by atoms with Gasteiger partial charge in [0.25, 0.3) is 0 Å². The summed E-state index contributed by atoms with van der Waals surface area (Å²) in [4.78, 5) is 38.1. The number of ether oxygens (including phenoxy) is 3. The first-order valence-electron chi connectivity index (χ1n) is 19.6. The van der Waals surface area contributed by atoms with Gasteiger partial charge in [0.1, 0.15) is 11.3 Å². The first-order valence-corrected chi connectivity index (χ1v) is 21.4. The smallest absolute Gasteiger partial charge is 0.410 e. The molecule has 2 aromatic carbocycles. The van der Waals surface area contributed by atoms with Crippen LogP contribution < -0.4 is 0 Å². The highest BCUT2D eigenvalue weighted by Crippen LogP contribution is 2.43. The van der Waals surface area contributed by atoms with Crippen molar-refractivity contribution in [2.24, 2.45) is 0 Å². The van der Waals surface area contributed by atoms with E-state index in [2.05, 4.69) is 17.2 Å². The van der Waals surface area contributed by atoms with Crippen molar-refractivity contribution in [1.82, 2.24) is 19.9 Å². The monoisotopic (exact) mass is 770 g/mol. The fraction of sp³-hybridized carbons (Fsp3) is 0.610. The minimum Gasteiger partial charge on any atom is -0.464 e. The van der Waals surface area contributed by atoms with Gasteiger partial charge >= 0.3 is 19.7 Å². The summed E-state index contributed by atoms with van der Waals surface area (Å²) in [6, 6.07) is 18.0. The molecule has 0 fully saturated rings. The Morgan fingerprint density at radius 3 is 2.13 bits per heavy atom. The molecule has 0 spiro atoms. The number of unbranched alkanes of at least 4 members (excludes halogenated alkanes) is 9. The van der Waals surface area contributed by atoms with Crippen molar-refractivity contribution in [1.29, 1.82) is 0 Å². The molecule has 0 aliphatic rings. The molecular formula is C41H63N4O8P. The molecule has 300 valence electrons. The molecule has 1 unspecified atom stereocenters. The summed E-state index contributed by atoms with van der Waals surface area (Å²) < 4.78 is 36.8. The molecule has 3 aromatic rings. The summed E-state index contributed by atoms with van der Waals surface area (Å²) in [5.74, 6) is -0.762. The SMILES string of the molecule is CCCCCCCCCCCCn1cc(CO[C@H](CP(=O)(O)OCCCN(Cc2ccc(-c3ccccc3)cc2)C(=O)OC(C)(C)C)C(=O)OCC)nn1. The maximum absolute atomic E-state index is 13.1. The third kappa shape index (κ3) is 18.2. The predicted molar refractivity (Wildman–Crippen MR) is 211 cm³/mol. The number of esters is 1. The lowest BCUT2D eigenvalue weighted by Gasteiger charge is -2.27. The van der Waals surface area contributed by atoms with Crippen molar-refractivity contribution in [3.05, 3.63) is 72.1 Å². The number of hydrogen-bond donors (Lipinski definition) is 1. The van der Waals surface area contributed by atoms with Crippen LogP contribution >= 0.6 is 7.60 Å². The van der Waals surface area contributed by atoms with E-state index in [4.69, 9.17) is 18.7 Å². The fourth-order valence-electron chi connectivity index (χ4n) is 5.83. The van der Waals surface area contributed by atoms with Gasteiger partial charge in [-0.3, -0.25) is 9.25 Å². The summed E-state index contributed by atoms with van der Waals surface area (Å²) in [5.41, 5.74) is 2.86. The third-order valence-electron chi connectivity index (χ3n) is 8.66. The van der Waals surface area contributed by atoms with Crippen molar-refractivity contribution >= 4 is 19.7 Å². The largest absolute Gasteiger partial charge is 0.464 e. The van der Waals surface area contributed by atoms with Gasteiger partial charge in [-0.15, -0.1) is 5.10 Å². The number of carbonyl (C=O) groups excluding carboxylic acids is 2. The number of aromatic nitrogens is 3. The third-order valence-corrected chi connectivity index (χ3v) is 10.0. The van der Waals surface area contributed by atoms with Crippen LogP contribution in [-0.2, 0) is 47.8 Å². The van der Waals surface area contributed by atoms with Crippen molar-refractivity contribution < 1.29 is 37.8 Å². The van der Waals surface area contributed by atoms with E-state index in [0.717, 1.165) is 36.1 Å². The Labute approximate surface area is 322 Å². The van der Waals surface area contributed by atoms with Gasteiger partial charge in [0.05, 0.1) is 32.2 Å². The topological polar surface area (TPSA) is 142 Å². The molecule has 1 heterocycles. The van der Waals surface area contributed by atoms with E-state index >= 15 is 0 Å². The highest BCUT2D eigenvalue weighted by atomic mass is 31.2. The Hall–Kier alpha value is -3.57. The van der Waals surface area contributed by atoms with E-state index in [9.17, 15) is 19.0 Å². The summed E-state index contributed by atoms with van der Waals surface area (Å²) in [6.45, 7) is 10.4. The molecule has 3 rings (SSSR count). The van der Waals surface area contributed by atoms with Gasteiger partial charge < -0.3 is 28.5 Å². The Bertz CT molecular complexity index is 1540. The van der Waals surface area contributed by atoms with Gasteiger partial charge in [0.15, 0.2) is 6.10 Å². The summed E-state index contributed by atoms with van der Waals surface area (Å²) in [7, 11) is -4.30. The maximum atomic E-state index is 13.1. The quantitative estimate of drug-likeness (QED) is 0.0477. The van der Waals surface area contributed by atoms with Crippen LogP contribution in [0.5, 0.6) is 0 Å². The molecule has 12 nitrogen and oxygen atoms in total. The molecule has 0 saturated heterocycles. The van der Waals surface area contributed by atoms with Crippen molar-refractivity contribution in [2.75, 3.05) is 25.9 Å². The fourth-order valence-corrected chi connectivity index (χ4v) is 7.02. The van der Waals surface area contributed by atoms with Crippen molar-refractivity contribution in [3.63, 3.8) is 0 Å². The van der Waals surface area contributed by atoms with Gasteiger partial charge in [-0.1, -0.05) is 125 Å². The summed E-state index contributed by atoms with van der Waals surface area (Å²) in [5, 5.41) is 8.31. The van der Waals surface area contributed by atoms with Crippen LogP contribution in [0.1, 0.15) is 117 Å². The van der Waals surface area contributed by atoms with E-state index in [1.165, 1.54) is 51.4 Å². The van der Waals surface area contributed by atoms with E-state index in [1.54, 1.807) is 43.5 Å². The van der Waals surface area contributed by atoms with Gasteiger partial charge in [-0.05, 0) is 57.2 Å². The molecule has 54 heavy (non-hydrogen) atoms. The number of amides is 1. The second kappa shape index (κ2) is 24.1. The zero-order valence-corrected chi connectivity index (χ0v) is 34.0. The van der Waals surface area contributed by atoms with Gasteiger partial charge in [0, 0.05) is 19.6 Å². The second-order valence-corrected chi connectivity index (χ2v) is 16.6. The zero-order valence-electron chi connectivity index (χ0n) is 33.1. The number of aryl methyl sites for hydroxylation is 1. The lowest BCUT2D eigenvalue weighted by atomic mass is 10.0. The average Bonchev–Trinajstić information content (AvgIpc) is 3.59. The van der Waals surface area contributed by atoms with Crippen molar-refractivity contribution in [3.8, 4) is 11.1 Å². The number of benzene rings is 2. The maximum Gasteiger partial charge on any atom is 0.410 e. The molecule has 0 aliphatic carbocycles. The molecule has 1 aromatic heterocycles. The highest BCUT2D eigenvalue weighted by molar-refractivity contribution is 7.52. The lowest BCUT2D eigenvalue weighted by Crippen LogP contribution is -2.37. The van der Waals surface area contributed by atoms with Crippen LogP contribution in [0, 0.1) is 0 Å². The Kier molecular flexibility index (Phi) is 20.0. The van der Waals surface area contributed by atoms with Crippen LogP contribution in [0.25, 0.3) is 11.1 Å². The summed E-state index contributed by atoms with van der Waals surface area (Å²) >= 11 is 0. The predicted octanol–water partition coefficient (Wildman–Crippen LogP) is 9.34. The molecule has 0 radical (unpaired) electrons. The second-order valence-electron chi connectivity index (χ2n) is 14.7. The molecule has 2 atom stereocenters. The van der Waals surface area contributed by atoms with Crippen molar-refractivity contribution in [2.45, 2.75) is 137 Å². The van der Waals surface area contributed by atoms with Crippen LogP contribution in [0.4, 0.5) is 4.79 Å². The minimum absolute atomic E-state index is 0.0831.